The highest BCUT2D eigenvalue weighted by Gasteiger charge is 2.25. The van der Waals surface area contributed by atoms with Crippen LogP contribution in [0.25, 0.3) is 22.0 Å². The number of carboxylic acid groups (broad SMARTS) is 1. The number of nitrogens with one attached hydrogen (secondary N) is 5. The van der Waals surface area contributed by atoms with E-state index in [0.717, 1.165) is 59.3 Å². The molecule has 1 saturated heterocycles. The van der Waals surface area contributed by atoms with Crippen LogP contribution in [0.15, 0.2) is 126 Å². The zero-order chi connectivity index (χ0) is 43.4. The first-order valence-electron chi connectivity index (χ1n) is 21.0. The summed E-state index contributed by atoms with van der Waals surface area (Å²) in [6.07, 6.45) is 0.964. The molecule has 0 aliphatic carbocycles. The van der Waals surface area contributed by atoms with Crippen molar-refractivity contribution in [3.63, 3.8) is 0 Å². The van der Waals surface area contributed by atoms with Gasteiger partial charge in [0.05, 0.1) is 23.7 Å². The van der Waals surface area contributed by atoms with Gasteiger partial charge in [-0.1, -0.05) is 91.0 Å². The minimum absolute atomic E-state index is 0.0466. The number of rotatable bonds is 17. The van der Waals surface area contributed by atoms with Crippen LogP contribution in [0.5, 0.6) is 5.75 Å². The number of hydrogen-bond donors (Lipinski definition) is 8. The molecular weight excluding hydrogens is 785 g/mol. The molecule has 0 unspecified atom stereocenters. The van der Waals surface area contributed by atoms with E-state index in [9.17, 15) is 34.5 Å². The second kappa shape index (κ2) is 20.6. The molecule has 0 saturated carbocycles. The largest absolute Gasteiger partial charge is 0.506 e. The van der Waals surface area contributed by atoms with Gasteiger partial charge in [-0.05, 0) is 102 Å². The number of phenols is 1. The summed E-state index contributed by atoms with van der Waals surface area (Å²) in [5.74, 6) is -0.0652. The summed E-state index contributed by atoms with van der Waals surface area (Å²) in [5.41, 5.74) is 7.44. The Morgan fingerprint density at radius 3 is 2.35 bits per heavy atom. The van der Waals surface area contributed by atoms with E-state index in [1.54, 1.807) is 12.1 Å². The molecule has 13 heteroatoms. The third-order valence-corrected chi connectivity index (χ3v) is 11.3. The lowest BCUT2D eigenvalue weighted by molar-refractivity contribution is -0.121. The highest BCUT2D eigenvalue weighted by atomic mass is 16.4. The fourth-order valence-electron chi connectivity index (χ4n) is 8.21. The lowest BCUT2D eigenvalue weighted by Gasteiger charge is -2.33. The standard InChI is InChI=1S/C49H52N6O7/c56-42-17-15-40(41-16-18-45(59)53-48(41)42)43(57)31-50-23-19-32-7-5-12-37(28-32)52-46(60)29-33-8-4-9-34(27-33)30-51-44(58)22-26-55-24-20-36(21-25-55)39-14-6-13-38(47(39)54-49(61)62)35-10-2-1-3-11-35/h1-18,27-28,36,43,50,54,56-57H,19-26,29-31H2,(H,51,58)(H,52,60)(H,53,59)(H,61,62)/t43-/m0/s1. The molecule has 0 spiro atoms. The van der Waals surface area contributed by atoms with Gasteiger partial charge in [0.25, 0.3) is 0 Å². The Morgan fingerprint density at radius 1 is 0.790 bits per heavy atom. The average Bonchev–Trinajstić information content (AvgIpc) is 3.27. The molecule has 1 aliphatic heterocycles. The summed E-state index contributed by atoms with van der Waals surface area (Å²) in [6.45, 7) is 3.45. The van der Waals surface area contributed by atoms with Gasteiger partial charge in [0, 0.05) is 48.8 Å². The van der Waals surface area contributed by atoms with Crippen LogP contribution in [0.3, 0.4) is 0 Å². The first-order valence-corrected chi connectivity index (χ1v) is 21.0. The molecule has 0 bridgehead atoms. The number of phenolic OH excluding ortho intramolecular Hbond substituents is 1. The van der Waals surface area contributed by atoms with E-state index in [0.29, 0.717) is 60.3 Å². The minimum Gasteiger partial charge on any atom is -0.506 e. The van der Waals surface area contributed by atoms with E-state index in [1.165, 1.54) is 12.1 Å². The van der Waals surface area contributed by atoms with Crippen LogP contribution in [-0.2, 0) is 29.0 Å². The average molecular weight is 837 g/mol. The zero-order valence-corrected chi connectivity index (χ0v) is 34.4. The van der Waals surface area contributed by atoms with Gasteiger partial charge in [0.1, 0.15) is 5.75 Å². The lowest BCUT2D eigenvalue weighted by Crippen LogP contribution is -2.36. The van der Waals surface area contributed by atoms with Crippen molar-refractivity contribution < 1.29 is 29.7 Å². The normalized spacial score (nSPS) is 13.7. The van der Waals surface area contributed by atoms with Crippen LogP contribution in [0.2, 0.25) is 0 Å². The van der Waals surface area contributed by atoms with E-state index in [1.807, 2.05) is 97.1 Å². The van der Waals surface area contributed by atoms with Crippen molar-refractivity contribution in [2.45, 2.75) is 50.7 Å². The number of piperidine rings is 1. The first kappa shape index (κ1) is 43.3. The van der Waals surface area contributed by atoms with Crippen molar-refractivity contribution in [1.29, 1.82) is 0 Å². The van der Waals surface area contributed by atoms with E-state index in [-0.39, 0.29) is 42.0 Å². The SMILES string of the molecule is O=C(O)Nc1c(-c2ccccc2)cccc1C1CCN(CCC(=O)NCc2cccc(CC(=O)Nc3cccc(CCNC[C@H](O)c4ccc(O)c5[nH]c(=O)ccc45)c3)c2)CC1. The number of aromatic nitrogens is 1. The van der Waals surface area contributed by atoms with Crippen molar-refractivity contribution in [3.8, 4) is 16.9 Å². The summed E-state index contributed by atoms with van der Waals surface area (Å²) >= 11 is 0. The van der Waals surface area contributed by atoms with Gasteiger partial charge < -0.3 is 41.2 Å². The molecular formula is C49H52N6O7. The van der Waals surface area contributed by atoms with Crippen molar-refractivity contribution in [2.75, 3.05) is 43.4 Å². The second-order valence-corrected chi connectivity index (χ2v) is 15.7. The smallest absolute Gasteiger partial charge is 0.409 e. The summed E-state index contributed by atoms with van der Waals surface area (Å²) in [7, 11) is 0. The number of aliphatic hydroxyl groups is 1. The number of H-pyrrole nitrogens is 1. The number of carbonyl (C=O) groups excluding carboxylic acids is 2. The molecule has 8 N–H and O–H groups in total. The number of pyridine rings is 1. The zero-order valence-electron chi connectivity index (χ0n) is 34.4. The van der Waals surface area contributed by atoms with Gasteiger partial charge in [-0.2, -0.15) is 0 Å². The Hall–Kier alpha value is -6.80. The van der Waals surface area contributed by atoms with Crippen LogP contribution in [0.1, 0.15) is 59.1 Å². The van der Waals surface area contributed by atoms with Crippen LogP contribution >= 0.6 is 0 Å². The van der Waals surface area contributed by atoms with E-state index >= 15 is 0 Å². The van der Waals surface area contributed by atoms with Crippen LogP contribution in [-0.4, -0.2) is 75.8 Å². The number of anilines is 2. The molecule has 1 aromatic heterocycles. The summed E-state index contributed by atoms with van der Waals surface area (Å²) in [6, 6.07) is 37.1. The molecule has 0 radical (unpaired) electrons. The number of aromatic hydroxyl groups is 1. The highest BCUT2D eigenvalue weighted by Crippen LogP contribution is 2.39. The maximum Gasteiger partial charge on any atom is 0.409 e. The first-order chi connectivity index (χ1) is 30.1. The van der Waals surface area contributed by atoms with Crippen LogP contribution in [0, 0.1) is 0 Å². The molecule has 1 fully saturated rings. The van der Waals surface area contributed by atoms with Crippen molar-refractivity contribution in [1.82, 2.24) is 20.5 Å². The number of fused-ring (bicyclic) bond motifs is 1. The molecule has 62 heavy (non-hydrogen) atoms. The Morgan fingerprint density at radius 2 is 1.55 bits per heavy atom. The van der Waals surface area contributed by atoms with Gasteiger partial charge in [0.15, 0.2) is 0 Å². The monoisotopic (exact) mass is 836 g/mol. The number of aliphatic hydroxyl groups excluding tert-OH is 1. The molecule has 6 aromatic rings. The molecule has 1 atom stereocenters. The number of nitrogens with zero attached hydrogens (tertiary/aromatic N) is 1. The van der Waals surface area contributed by atoms with Crippen molar-refractivity contribution >= 4 is 40.2 Å². The summed E-state index contributed by atoms with van der Waals surface area (Å²) < 4.78 is 0. The number of benzene rings is 5. The third-order valence-electron chi connectivity index (χ3n) is 11.3. The van der Waals surface area contributed by atoms with Gasteiger partial charge in [-0.3, -0.25) is 19.7 Å². The maximum atomic E-state index is 13.1. The van der Waals surface area contributed by atoms with E-state index in [2.05, 4.69) is 31.2 Å². The molecule has 13 nitrogen and oxygen atoms in total. The number of aromatic amines is 1. The lowest BCUT2D eigenvalue weighted by atomic mass is 9.86. The maximum absolute atomic E-state index is 13.1. The highest BCUT2D eigenvalue weighted by molar-refractivity contribution is 5.93. The summed E-state index contributed by atoms with van der Waals surface area (Å²) in [5, 5.41) is 43.1. The fraction of sp³-hybridized carbons (Fsp3) is 0.265. The Kier molecular flexibility index (Phi) is 14.4. The molecule has 2 heterocycles. The quantitative estimate of drug-likeness (QED) is 0.0450. The van der Waals surface area contributed by atoms with Crippen molar-refractivity contribution in [2.24, 2.45) is 0 Å². The third kappa shape index (κ3) is 11.5. The predicted octanol–water partition coefficient (Wildman–Crippen LogP) is 6.92. The van der Waals surface area contributed by atoms with Gasteiger partial charge >= 0.3 is 6.09 Å². The van der Waals surface area contributed by atoms with Crippen molar-refractivity contribution in [3.05, 3.63) is 159 Å². The Bertz CT molecular complexity index is 2570. The number of hydrogen-bond acceptors (Lipinski definition) is 8. The number of para-hydroxylation sites is 1. The fourth-order valence-corrected chi connectivity index (χ4v) is 8.21. The molecule has 3 amide bonds. The topological polar surface area (TPSA) is 196 Å². The van der Waals surface area contributed by atoms with E-state index < -0.39 is 12.2 Å². The molecule has 320 valence electrons. The molecule has 7 rings (SSSR count). The van der Waals surface area contributed by atoms with Crippen LogP contribution < -0.4 is 26.8 Å². The molecule has 5 aromatic carbocycles. The van der Waals surface area contributed by atoms with E-state index in [4.69, 9.17) is 0 Å². The second-order valence-electron chi connectivity index (χ2n) is 15.7. The molecule has 1 aliphatic rings. The van der Waals surface area contributed by atoms with Gasteiger partial charge in [-0.15, -0.1) is 0 Å². The van der Waals surface area contributed by atoms with Gasteiger partial charge in [-0.25, -0.2) is 4.79 Å². The predicted molar refractivity (Wildman–Crippen MR) is 241 cm³/mol. The number of amides is 3. The summed E-state index contributed by atoms with van der Waals surface area (Å²) in [4.78, 5) is 54.4. The van der Waals surface area contributed by atoms with Gasteiger partial charge in [0.2, 0.25) is 17.4 Å². The minimum atomic E-state index is -1.09. The number of likely N-dealkylation sites (tertiary alicyclic amines) is 1. The Labute approximate surface area is 359 Å². The number of carbonyl (C=O) groups is 3. The van der Waals surface area contributed by atoms with Crippen LogP contribution in [0.4, 0.5) is 16.2 Å². The Balaban J connectivity index is 0.821.